The van der Waals surface area contributed by atoms with Gasteiger partial charge in [-0.05, 0) is 52.7 Å². The van der Waals surface area contributed by atoms with Crippen LogP contribution in [0.2, 0.25) is 5.15 Å². The number of halogens is 2. The van der Waals surface area contributed by atoms with E-state index in [4.69, 9.17) is 16.6 Å². The van der Waals surface area contributed by atoms with Crippen molar-refractivity contribution < 1.29 is 0 Å². The summed E-state index contributed by atoms with van der Waals surface area (Å²) in [5, 5.41) is 0.557. The molecule has 2 aliphatic carbocycles. The minimum absolute atomic E-state index is 0.300. The van der Waals surface area contributed by atoms with E-state index in [0.29, 0.717) is 17.0 Å². The van der Waals surface area contributed by atoms with Gasteiger partial charge in [0, 0.05) is 11.8 Å². The second-order valence-corrected chi connectivity index (χ2v) is 6.79. The van der Waals surface area contributed by atoms with Gasteiger partial charge in [-0.2, -0.15) is 0 Å². The summed E-state index contributed by atoms with van der Waals surface area (Å²) in [5.74, 6) is 1.76. The highest BCUT2D eigenvalue weighted by Crippen LogP contribution is 2.45. The molecule has 1 unspecified atom stereocenters. The maximum Gasteiger partial charge on any atom is 0.147 e. The lowest BCUT2D eigenvalue weighted by Gasteiger charge is -2.13. The SMILES string of the molecule is Clc1nc(C2CCc3ccccc32)nc(C2CC2)c1Br. The Morgan fingerprint density at radius 1 is 1.10 bits per heavy atom. The molecule has 1 aromatic heterocycles. The normalized spacial score (nSPS) is 21.0. The average Bonchev–Trinajstić information content (AvgIpc) is 3.21. The standard InChI is InChI=1S/C16H14BrClN2/c17-13-14(10-5-6-10)19-16(20-15(13)18)12-8-7-9-3-1-2-4-11(9)12/h1-4,10,12H,5-8H2. The van der Waals surface area contributed by atoms with Crippen LogP contribution in [0.5, 0.6) is 0 Å². The van der Waals surface area contributed by atoms with Crippen LogP contribution in [0.4, 0.5) is 0 Å². The van der Waals surface area contributed by atoms with Crippen molar-refractivity contribution in [1.82, 2.24) is 9.97 Å². The maximum absolute atomic E-state index is 6.30. The number of hydrogen-bond acceptors (Lipinski definition) is 2. The zero-order chi connectivity index (χ0) is 13.7. The molecule has 2 aromatic rings. The van der Waals surface area contributed by atoms with Gasteiger partial charge in [0.25, 0.3) is 0 Å². The molecule has 4 rings (SSSR count). The largest absolute Gasteiger partial charge is 0.236 e. The van der Waals surface area contributed by atoms with Gasteiger partial charge in [-0.1, -0.05) is 35.9 Å². The Morgan fingerprint density at radius 3 is 2.70 bits per heavy atom. The Morgan fingerprint density at radius 2 is 1.90 bits per heavy atom. The molecule has 1 heterocycles. The molecule has 4 heteroatoms. The first kappa shape index (κ1) is 12.8. The van der Waals surface area contributed by atoms with Crippen LogP contribution in [0.15, 0.2) is 28.7 Å². The molecule has 2 aliphatic rings. The van der Waals surface area contributed by atoms with Crippen LogP contribution in [0, 0.1) is 0 Å². The van der Waals surface area contributed by atoms with Crippen molar-refractivity contribution in [2.24, 2.45) is 0 Å². The fourth-order valence-electron chi connectivity index (χ4n) is 3.06. The van der Waals surface area contributed by atoms with Gasteiger partial charge in [0.2, 0.25) is 0 Å². The maximum atomic E-state index is 6.30. The van der Waals surface area contributed by atoms with Crippen molar-refractivity contribution >= 4 is 27.5 Å². The van der Waals surface area contributed by atoms with Crippen LogP contribution >= 0.6 is 27.5 Å². The van der Waals surface area contributed by atoms with Crippen LogP contribution < -0.4 is 0 Å². The fourth-order valence-corrected chi connectivity index (χ4v) is 3.75. The topological polar surface area (TPSA) is 25.8 Å². The second-order valence-electron chi connectivity index (χ2n) is 5.64. The Kier molecular flexibility index (Phi) is 3.08. The minimum atomic E-state index is 0.300. The first-order valence-electron chi connectivity index (χ1n) is 7.04. The van der Waals surface area contributed by atoms with Gasteiger partial charge in [0.1, 0.15) is 11.0 Å². The zero-order valence-electron chi connectivity index (χ0n) is 10.9. The number of fused-ring (bicyclic) bond motifs is 1. The van der Waals surface area contributed by atoms with Crippen LogP contribution in [0.3, 0.4) is 0 Å². The molecule has 0 bridgehead atoms. The van der Waals surface area contributed by atoms with E-state index in [9.17, 15) is 0 Å². The quantitative estimate of drug-likeness (QED) is 0.724. The smallest absolute Gasteiger partial charge is 0.147 e. The van der Waals surface area contributed by atoms with Crippen molar-refractivity contribution in [3.8, 4) is 0 Å². The molecule has 1 atom stereocenters. The Labute approximate surface area is 131 Å². The highest BCUT2D eigenvalue weighted by atomic mass is 79.9. The summed E-state index contributed by atoms with van der Waals surface area (Å²) in [4.78, 5) is 9.37. The van der Waals surface area contributed by atoms with Gasteiger partial charge in [0.15, 0.2) is 0 Å². The van der Waals surface area contributed by atoms with E-state index in [1.54, 1.807) is 0 Å². The molecular formula is C16H14BrClN2. The Balaban J connectivity index is 1.80. The first-order valence-corrected chi connectivity index (χ1v) is 8.22. The lowest BCUT2D eigenvalue weighted by Crippen LogP contribution is -2.06. The van der Waals surface area contributed by atoms with Crippen LogP contribution in [-0.2, 0) is 6.42 Å². The van der Waals surface area contributed by atoms with Crippen molar-refractivity contribution in [3.63, 3.8) is 0 Å². The molecule has 1 fully saturated rings. The predicted octanol–water partition coefficient (Wildman–Crippen LogP) is 4.85. The minimum Gasteiger partial charge on any atom is -0.236 e. The highest BCUT2D eigenvalue weighted by Gasteiger charge is 2.32. The molecule has 0 N–H and O–H groups in total. The molecule has 0 amide bonds. The molecule has 1 aromatic carbocycles. The number of benzene rings is 1. The predicted molar refractivity (Wildman–Crippen MR) is 83.3 cm³/mol. The summed E-state index contributed by atoms with van der Waals surface area (Å²) in [5.41, 5.74) is 3.89. The van der Waals surface area contributed by atoms with Crippen molar-refractivity contribution in [2.45, 2.75) is 37.5 Å². The third-order valence-corrected chi connectivity index (χ3v) is 5.55. The number of rotatable bonds is 2. The van der Waals surface area contributed by atoms with Crippen LogP contribution in [0.1, 0.15) is 53.7 Å². The van der Waals surface area contributed by atoms with E-state index in [0.717, 1.165) is 28.8 Å². The van der Waals surface area contributed by atoms with E-state index in [-0.39, 0.29) is 0 Å². The molecule has 0 saturated heterocycles. The van der Waals surface area contributed by atoms with Gasteiger partial charge >= 0.3 is 0 Å². The van der Waals surface area contributed by atoms with Crippen LogP contribution in [-0.4, -0.2) is 9.97 Å². The summed E-state index contributed by atoms with van der Waals surface area (Å²) in [6, 6.07) is 8.60. The number of hydrogen-bond donors (Lipinski definition) is 0. The molecule has 2 nitrogen and oxygen atoms in total. The molecule has 0 spiro atoms. The summed E-state index contributed by atoms with van der Waals surface area (Å²) < 4.78 is 0.886. The molecular weight excluding hydrogens is 336 g/mol. The van der Waals surface area contributed by atoms with Gasteiger partial charge in [-0.25, -0.2) is 9.97 Å². The first-order chi connectivity index (χ1) is 9.74. The lowest BCUT2D eigenvalue weighted by atomic mass is 10.0. The number of aryl methyl sites for hydroxylation is 1. The lowest BCUT2D eigenvalue weighted by molar-refractivity contribution is 0.716. The number of nitrogens with zero attached hydrogens (tertiary/aromatic N) is 2. The molecule has 0 radical (unpaired) electrons. The van der Waals surface area contributed by atoms with Crippen molar-refractivity contribution in [3.05, 3.63) is 56.5 Å². The third-order valence-electron chi connectivity index (χ3n) is 4.26. The van der Waals surface area contributed by atoms with Gasteiger partial charge < -0.3 is 0 Å². The molecule has 1 saturated carbocycles. The molecule has 0 aliphatic heterocycles. The number of aromatic nitrogens is 2. The summed E-state index contributed by atoms with van der Waals surface area (Å²) in [6.45, 7) is 0. The molecule has 20 heavy (non-hydrogen) atoms. The van der Waals surface area contributed by atoms with E-state index < -0.39 is 0 Å². The monoisotopic (exact) mass is 348 g/mol. The van der Waals surface area contributed by atoms with E-state index >= 15 is 0 Å². The van der Waals surface area contributed by atoms with Crippen molar-refractivity contribution in [2.75, 3.05) is 0 Å². The Hall–Kier alpha value is -0.930. The Bertz CT molecular complexity index is 682. The van der Waals surface area contributed by atoms with E-state index in [1.807, 2.05) is 0 Å². The summed E-state index contributed by atoms with van der Waals surface area (Å²) in [6.07, 6.45) is 4.62. The fraction of sp³-hybridized carbons (Fsp3) is 0.375. The van der Waals surface area contributed by atoms with Gasteiger partial charge in [0.05, 0.1) is 10.2 Å². The summed E-state index contributed by atoms with van der Waals surface area (Å²) >= 11 is 9.84. The zero-order valence-corrected chi connectivity index (χ0v) is 13.3. The average molecular weight is 350 g/mol. The molecule has 102 valence electrons. The summed E-state index contributed by atoms with van der Waals surface area (Å²) in [7, 11) is 0. The van der Waals surface area contributed by atoms with Gasteiger partial charge in [-0.3, -0.25) is 0 Å². The van der Waals surface area contributed by atoms with Crippen molar-refractivity contribution in [1.29, 1.82) is 0 Å². The second kappa shape index (κ2) is 4.81. The van der Waals surface area contributed by atoms with Crippen LogP contribution in [0.25, 0.3) is 0 Å². The van der Waals surface area contributed by atoms with E-state index in [1.165, 1.54) is 24.0 Å². The van der Waals surface area contributed by atoms with Gasteiger partial charge in [-0.15, -0.1) is 0 Å². The third kappa shape index (κ3) is 2.08. The highest BCUT2D eigenvalue weighted by molar-refractivity contribution is 9.10. The van der Waals surface area contributed by atoms with E-state index in [2.05, 4.69) is 45.2 Å².